The average molecular weight is 227 g/mol. The zero-order valence-electron chi connectivity index (χ0n) is 9.76. The maximum Gasteiger partial charge on any atom is 0.0505 e. The predicted molar refractivity (Wildman–Crippen MR) is 69.6 cm³/mol. The Balaban J connectivity index is 2.11. The van der Waals surface area contributed by atoms with Crippen molar-refractivity contribution in [2.45, 2.75) is 18.9 Å². The van der Waals surface area contributed by atoms with Gasteiger partial charge in [0.15, 0.2) is 0 Å². The lowest BCUT2D eigenvalue weighted by molar-refractivity contribution is 0.188. The molecule has 1 fully saturated rings. The van der Waals surface area contributed by atoms with Crippen LogP contribution < -0.4 is 5.73 Å². The molecule has 0 amide bonds. The summed E-state index contributed by atoms with van der Waals surface area (Å²) in [7, 11) is 0. The van der Waals surface area contributed by atoms with E-state index in [-0.39, 0.29) is 18.1 Å². The van der Waals surface area contributed by atoms with E-state index in [1.54, 1.807) is 0 Å². The first-order chi connectivity index (χ1) is 8.27. The predicted octanol–water partition coefficient (Wildman–Crippen LogP) is 2.61. The lowest BCUT2D eigenvalue weighted by Crippen LogP contribution is -2.26. The molecule has 1 atom stereocenters. The lowest BCUT2D eigenvalue weighted by Gasteiger charge is -2.22. The molecule has 0 radical (unpaired) electrons. The second-order valence-electron chi connectivity index (χ2n) is 5.07. The summed E-state index contributed by atoms with van der Waals surface area (Å²) in [5.41, 5.74) is 7.45. The number of rotatable bonds is 3. The van der Waals surface area contributed by atoms with Crippen molar-refractivity contribution in [3.63, 3.8) is 0 Å². The van der Waals surface area contributed by atoms with Gasteiger partial charge in [0.2, 0.25) is 0 Å². The fraction of sp³-hybridized carbons (Fsp3) is 0.333. The molecule has 0 spiro atoms. The van der Waals surface area contributed by atoms with E-state index in [1.165, 1.54) is 10.8 Å². The van der Waals surface area contributed by atoms with Crippen LogP contribution in [-0.4, -0.2) is 11.7 Å². The van der Waals surface area contributed by atoms with Crippen molar-refractivity contribution in [1.29, 1.82) is 0 Å². The quantitative estimate of drug-likeness (QED) is 0.846. The fourth-order valence-electron chi connectivity index (χ4n) is 2.58. The summed E-state index contributed by atoms with van der Waals surface area (Å²) in [4.78, 5) is 0. The molecule has 0 aliphatic heterocycles. The largest absolute Gasteiger partial charge is 0.396 e. The number of hydrogen-bond donors (Lipinski definition) is 2. The number of aliphatic hydroxyl groups is 1. The summed E-state index contributed by atoms with van der Waals surface area (Å²) in [6.45, 7) is 0.192. The smallest absolute Gasteiger partial charge is 0.0505 e. The van der Waals surface area contributed by atoms with Gasteiger partial charge in [0.1, 0.15) is 0 Å². The van der Waals surface area contributed by atoms with Crippen molar-refractivity contribution in [3.05, 3.63) is 48.0 Å². The molecule has 0 saturated heterocycles. The van der Waals surface area contributed by atoms with E-state index in [9.17, 15) is 5.11 Å². The van der Waals surface area contributed by atoms with E-state index >= 15 is 0 Å². The van der Waals surface area contributed by atoms with Gasteiger partial charge < -0.3 is 10.8 Å². The highest BCUT2D eigenvalue weighted by Gasteiger charge is 2.48. The Bertz CT molecular complexity index is 540. The second kappa shape index (κ2) is 3.83. The first-order valence-electron chi connectivity index (χ1n) is 6.11. The zero-order valence-corrected chi connectivity index (χ0v) is 9.76. The molecule has 1 saturated carbocycles. The van der Waals surface area contributed by atoms with Crippen LogP contribution in [0.4, 0.5) is 0 Å². The van der Waals surface area contributed by atoms with Crippen molar-refractivity contribution < 1.29 is 5.11 Å². The average Bonchev–Trinajstić information content (AvgIpc) is 3.18. The van der Waals surface area contributed by atoms with Crippen molar-refractivity contribution in [1.82, 2.24) is 0 Å². The van der Waals surface area contributed by atoms with Gasteiger partial charge in [-0.2, -0.15) is 0 Å². The summed E-state index contributed by atoms with van der Waals surface area (Å²) in [6, 6.07) is 14.5. The first kappa shape index (κ1) is 10.8. The summed E-state index contributed by atoms with van der Waals surface area (Å²) in [6.07, 6.45) is 2.07. The zero-order chi connectivity index (χ0) is 11.9. The second-order valence-corrected chi connectivity index (χ2v) is 5.07. The molecule has 2 aromatic carbocycles. The Morgan fingerprint density at radius 1 is 1.12 bits per heavy atom. The molecule has 2 nitrogen and oxygen atoms in total. The number of hydrogen-bond acceptors (Lipinski definition) is 2. The fourth-order valence-corrected chi connectivity index (χ4v) is 2.58. The van der Waals surface area contributed by atoms with Crippen LogP contribution in [0.2, 0.25) is 0 Å². The van der Waals surface area contributed by atoms with Crippen LogP contribution >= 0.6 is 0 Å². The van der Waals surface area contributed by atoms with E-state index in [0.717, 1.165) is 18.4 Å². The Kier molecular flexibility index (Phi) is 2.42. The summed E-state index contributed by atoms with van der Waals surface area (Å²) in [5.74, 6) is 0. The summed E-state index contributed by atoms with van der Waals surface area (Å²) >= 11 is 0. The van der Waals surface area contributed by atoms with Gasteiger partial charge in [0, 0.05) is 11.5 Å². The molecule has 2 heteroatoms. The van der Waals surface area contributed by atoms with Gasteiger partial charge in [-0.1, -0.05) is 42.5 Å². The van der Waals surface area contributed by atoms with Gasteiger partial charge in [-0.25, -0.2) is 0 Å². The summed E-state index contributed by atoms with van der Waals surface area (Å²) < 4.78 is 0. The number of benzene rings is 2. The van der Waals surface area contributed by atoms with Crippen LogP contribution in [0, 0.1) is 5.41 Å². The minimum atomic E-state index is -0.0654. The monoisotopic (exact) mass is 227 g/mol. The molecule has 0 bridgehead atoms. The number of nitrogens with two attached hydrogens (primary N) is 1. The Morgan fingerprint density at radius 2 is 1.82 bits per heavy atom. The SMILES string of the molecule is NC(c1cccc2ccccc12)C1(CO)CC1. The highest BCUT2D eigenvalue weighted by atomic mass is 16.3. The highest BCUT2D eigenvalue weighted by molar-refractivity contribution is 5.86. The number of aliphatic hydroxyl groups excluding tert-OH is 1. The van der Waals surface area contributed by atoms with Crippen LogP contribution in [0.5, 0.6) is 0 Å². The van der Waals surface area contributed by atoms with E-state index < -0.39 is 0 Å². The van der Waals surface area contributed by atoms with Gasteiger partial charge in [0.25, 0.3) is 0 Å². The minimum absolute atomic E-state index is 0.0569. The van der Waals surface area contributed by atoms with Crippen LogP contribution in [0.3, 0.4) is 0 Å². The van der Waals surface area contributed by atoms with E-state index in [0.29, 0.717) is 0 Å². The number of fused-ring (bicyclic) bond motifs is 1. The molecule has 2 aromatic rings. The van der Waals surface area contributed by atoms with Gasteiger partial charge in [-0.05, 0) is 29.2 Å². The molecule has 88 valence electrons. The molecular formula is C15H17NO. The molecule has 3 N–H and O–H groups in total. The van der Waals surface area contributed by atoms with E-state index in [1.807, 2.05) is 18.2 Å². The maximum atomic E-state index is 9.48. The molecule has 3 rings (SSSR count). The van der Waals surface area contributed by atoms with Crippen LogP contribution in [0.25, 0.3) is 10.8 Å². The van der Waals surface area contributed by atoms with E-state index in [2.05, 4.69) is 24.3 Å². The Labute approximate surface area is 101 Å². The van der Waals surface area contributed by atoms with Crippen LogP contribution in [-0.2, 0) is 0 Å². The van der Waals surface area contributed by atoms with Gasteiger partial charge in [-0.15, -0.1) is 0 Å². The minimum Gasteiger partial charge on any atom is -0.396 e. The van der Waals surface area contributed by atoms with E-state index in [4.69, 9.17) is 5.73 Å². The van der Waals surface area contributed by atoms with Gasteiger partial charge >= 0.3 is 0 Å². The van der Waals surface area contributed by atoms with Crippen molar-refractivity contribution in [2.24, 2.45) is 11.1 Å². The third-order valence-electron chi connectivity index (χ3n) is 4.03. The lowest BCUT2D eigenvalue weighted by atomic mass is 9.88. The van der Waals surface area contributed by atoms with Gasteiger partial charge in [0.05, 0.1) is 6.61 Å². The first-order valence-corrected chi connectivity index (χ1v) is 6.11. The van der Waals surface area contributed by atoms with Crippen LogP contribution in [0.15, 0.2) is 42.5 Å². The van der Waals surface area contributed by atoms with Crippen molar-refractivity contribution in [2.75, 3.05) is 6.61 Å². The molecule has 1 unspecified atom stereocenters. The third-order valence-corrected chi connectivity index (χ3v) is 4.03. The third kappa shape index (κ3) is 1.65. The van der Waals surface area contributed by atoms with Gasteiger partial charge in [-0.3, -0.25) is 0 Å². The highest BCUT2D eigenvalue weighted by Crippen LogP contribution is 2.54. The van der Waals surface area contributed by atoms with Crippen molar-refractivity contribution >= 4 is 10.8 Å². The molecule has 0 aromatic heterocycles. The Morgan fingerprint density at radius 3 is 2.53 bits per heavy atom. The molecular weight excluding hydrogens is 210 g/mol. The van der Waals surface area contributed by atoms with Crippen molar-refractivity contribution in [3.8, 4) is 0 Å². The molecule has 1 aliphatic carbocycles. The van der Waals surface area contributed by atoms with Crippen LogP contribution in [0.1, 0.15) is 24.4 Å². The topological polar surface area (TPSA) is 46.2 Å². The molecule has 17 heavy (non-hydrogen) atoms. The molecule has 1 aliphatic rings. The standard InChI is InChI=1S/C15H17NO/c16-14(15(10-17)8-9-15)13-7-3-5-11-4-1-2-6-12(11)13/h1-7,14,17H,8-10,16H2. The molecule has 0 heterocycles. The Hall–Kier alpha value is -1.38. The normalized spacial score (nSPS) is 19.2. The summed E-state index contributed by atoms with van der Waals surface area (Å²) in [5, 5.41) is 11.9. The maximum absolute atomic E-state index is 9.48.